The molecule has 3 heteroatoms. The maximum atomic E-state index is 11.5. The lowest BCUT2D eigenvalue weighted by Gasteiger charge is -2.39. The number of hydrogen-bond acceptors (Lipinski definition) is 2. The van der Waals surface area contributed by atoms with Crippen molar-refractivity contribution in [2.24, 2.45) is 0 Å². The highest BCUT2D eigenvalue weighted by atomic mass is 16.5. The van der Waals surface area contributed by atoms with Gasteiger partial charge < -0.3 is 9.84 Å². The molecule has 1 aliphatic heterocycles. The first-order valence-corrected chi connectivity index (χ1v) is 6.99. The van der Waals surface area contributed by atoms with E-state index in [1.807, 2.05) is 12.1 Å². The summed E-state index contributed by atoms with van der Waals surface area (Å²) >= 11 is 0. The molecule has 3 nitrogen and oxygen atoms in total. The Kier molecular flexibility index (Phi) is 2.63. The fourth-order valence-electron chi connectivity index (χ4n) is 3.11. The number of rotatable bonds is 2. The number of ether oxygens (including phenoxy) is 1. The van der Waals surface area contributed by atoms with Crippen molar-refractivity contribution in [2.45, 2.75) is 57.0 Å². The minimum Gasteiger partial charge on any atom is -0.488 e. The molecule has 0 radical (unpaired) electrons. The minimum atomic E-state index is -0.684. The van der Waals surface area contributed by atoms with E-state index in [0.29, 0.717) is 0 Å². The number of aliphatic carboxylic acids is 1. The molecule has 19 heavy (non-hydrogen) atoms. The lowest BCUT2D eigenvalue weighted by molar-refractivity contribution is -0.147. The molecule has 1 aromatic rings. The largest absolute Gasteiger partial charge is 0.488 e. The molecule has 0 bridgehead atoms. The van der Waals surface area contributed by atoms with Gasteiger partial charge in [-0.25, -0.2) is 0 Å². The molecule has 1 heterocycles. The lowest BCUT2D eigenvalue weighted by Crippen LogP contribution is -2.42. The van der Waals surface area contributed by atoms with Crippen molar-refractivity contribution in [3.8, 4) is 5.75 Å². The van der Waals surface area contributed by atoms with Crippen molar-refractivity contribution in [1.29, 1.82) is 0 Å². The van der Waals surface area contributed by atoms with Crippen LogP contribution in [0, 0.1) is 0 Å². The molecule has 3 rings (SSSR count). The van der Waals surface area contributed by atoms with Gasteiger partial charge in [0.1, 0.15) is 11.4 Å². The second-order valence-electron chi connectivity index (χ2n) is 6.43. The molecular formula is C16H20O3. The molecule has 0 atom stereocenters. The summed E-state index contributed by atoms with van der Waals surface area (Å²) in [6, 6.07) is 5.94. The van der Waals surface area contributed by atoms with Crippen LogP contribution in [0.2, 0.25) is 0 Å². The van der Waals surface area contributed by atoms with Crippen molar-refractivity contribution < 1.29 is 14.6 Å². The van der Waals surface area contributed by atoms with Gasteiger partial charge in [-0.15, -0.1) is 0 Å². The van der Waals surface area contributed by atoms with Crippen molar-refractivity contribution in [3.05, 3.63) is 29.3 Å². The standard InChI is InChI=1S/C16H20O3/c1-15(2)9-6-11-10-12(4-5-13(11)19-15)16(14(17)18)7-3-8-16/h4-5,10H,3,6-9H2,1-2H3,(H,17,18). The zero-order chi connectivity index (χ0) is 13.7. The summed E-state index contributed by atoms with van der Waals surface area (Å²) < 4.78 is 5.95. The van der Waals surface area contributed by atoms with Crippen LogP contribution in [-0.2, 0) is 16.6 Å². The third-order valence-corrected chi connectivity index (χ3v) is 4.61. The Morgan fingerprint density at radius 1 is 1.26 bits per heavy atom. The first kappa shape index (κ1) is 12.5. The Bertz CT molecular complexity index is 527. The van der Waals surface area contributed by atoms with E-state index in [0.717, 1.165) is 49.0 Å². The summed E-state index contributed by atoms with van der Waals surface area (Å²) in [5, 5.41) is 9.49. The predicted octanol–water partition coefficient (Wildman–Crippen LogP) is 3.30. The topological polar surface area (TPSA) is 46.5 Å². The number of fused-ring (bicyclic) bond motifs is 1. The fraction of sp³-hybridized carbons (Fsp3) is 0.562. The summed E-state index contributed by atoms with van der Waals surface area (Å²) in [5.74, 6) is 0.232. The second kappa shape index (κ2) is 3.99. The third-order valence-electron chi connectivity index (χ3n) is 4.61. The average molecular weight is 260 g/mol. The van der Waals surface area contributed by atoms with Gasteiger partial charge >= 0.3 is 5.97 Å². The normalized spacial score (nSPS) is 22.8. The van der Waals surface area contributed by atoms with E-state index in [2.05, 4.69) is 19.9 Å². The molecule has 0 unspecified atom stereocenters. The van der Waals surface area contributed by atoms with Crippen LogP contribution in [0.1, 0.15) is 50.7 Å². The Labute approximate surface area is 113 Å². The van der Waals surface area contributed by atoms with Gasteiger partial charge in [0, 0.05) is 0 Å². The highest BCUT2D eigenvalue weighted by Crippen LogP contribution is 2.46. The number of benzene rings is 1. The van der Waals surface area contributed by atoms with Crippen LogP contribution in [0.3, 0.4) is 0 Å². The molecule has 0 amide bonds. The van der Waals surface area contributed by atoms with Gasteiger partial charge in [0.15, 0.2) is 0 Å². The molecule has 1 N–H and O–H groups in total. The van der Waals surface area contributed by atoms with E-state index in [-0.39, 0.29) is 5.60 Å². The van der Waals surface area contributed by atoms with Gasteiger partial charge in [-0.2, -0.15) is 0 Å². The minimum absolute atomic E-state index is 0.116. The highest BCUT2D eigenvalue weighted by molar-refractivity contribution is 5.82. The van der Waals surface area contributed by atoms with Gasteiger partial charge in [-0.05, 0) is 56.7 Å². The first-order valence-electron chi connectivity index (χ1n) is 6.99. The maximum Gasteiger partial charge on any atom is 0.314 e. The van der Waals surface area contributed by atoms with Gasteiger partial charge in [-0.1, -0.05) is 18.6 Å². The zero-order valence-corrected chi connectivity index (χ0v) is 11.5. The Balaban J connectivity index is 1.97. The molecule has 2 aliphatic rings. The van der Waals surface area contributed by atoms with E-state index >= 15 is 0 Å². The monoisotopic (exact) mass is 260 g/mol. The summed E-state index contributed by atoms with van der Waals surface area (Å²) in [4.78, 5) is 11.5. The Morgan fingerprint density at radius 2 is 2.00 bits per heavy atom. The maximum absolute atomic E-state index is 11.5. The van der Waals surface area contributed by atoms with Gasteiger partial charge in [0.25, 0.3) is 0 Å². The molecule has 0 spiro atoms. The molecule has 1 aromatic carbocycles. The molecule has 0 aromatic heterocycles. The highest BCUT2D eigenvalue weighted by Gasteiger charge is 2.46. The fourth-order valence-corrected chi connectivity index (χ4v) is 3.11. The van der Waals surface area contributed by atoms with Crippen LogP contribution >= 0.6 is 0 Å². The van der Waals surface area contributed by atoms with E-state index in [1.165, 1.54) is 0 Å². The van der Waals surface area contributed by atoms with Crippen molar-refractivity contribution in [1.82, 2.24) is 0 Å². The van der Waals surface area contributed by atoms with Crippen molar-refractivity contribution in [2.75, 3.05) is 0 Å². The summed E-state index contributed by atoms with van der Waals surface area (Å²) in [6.45, 7) is 4.18. The van der Waals surface area contributed by atoms with Crippen LogP contribution in [-0.4, -0.2) is 16.7 Å². The van der Waals surface area contributed by atoms with Gasteiger partial charge in [0.2, 0.25) is 0 Å². The second-order valence-corrected chi connectivity index (χ2v) is 6.43. The van der Waals surface area contributed by atoms with Gasteiger partial charge in [-0.3, -0.25) is 4.79 Å². The number of carboxylic acids is 1. The van der Waals surface area contributed by atoms with Crippen LogP contribution in [0.15, 0.2) is 18.2 Å². The van der Waals surface area contributed by atoms with Crippen molar-refractivity contribution >= 4 is 5.97 Å². The summed E-state index contributed by atoms with van der Waals surface area (Å²) in [7, 11) is 0. The molecular weight excluding hydrogens is 240 g/mol. The predicted molar refractivity (Wildman–Crippen MR) is 72.6 cm³/mol. The van der Waals surface area contributed by atoms with Crippen LogP contribution in [0.4, 0.5) is 0 Å². The number of carboxylic acid groups (broad SMARTS) is 1. The molecule has 1 aliphatic carbocycles. The smallest absolute Gasteiger partial charge is 0.314 e. The van der Waals surface area contributed by atoms with Crippen LogP contribution in [0.25, 0.3) is 0 Å². The van der Waals surface area contributed by atoms with E-state index < -0.39 is 11.4 Å². The third kappa shape index (κ3) is 1.92. The molecule has 0 saturated heterocycles. The summed E-state index contributed by atoms with van der Waals surface area (Å²) in [6.07, 6.45) is 4.46. The Hall–Kier alpha value is -1.51. The summed E-state index contributed by atoms with van der Waals surface area (Å²) in [5.41, 5.74) is 1.36. The molecule has 1 fully saturated rings. The number of carbonyl (C=O) groups is 1. The van der Waals surface area contributed by atoms with Gasteiger partial charge in [0.05, 0.1) is 5.41 Å². The Morgan fingerprint density at radius 3 is 2.58 bits per heavy atom. The molecule has 1 saturated carbocycles. The number of hydrogen-bond donors (Lipinski definition) is 1. The van der Waals surface area contributed by atoms with E-state index in [9.17, 15) is 9.90 Å². The SMILES string of the molecule is CC1(C)CCc2cc(C3(C(=O)O)CCC3)ccc2O1. The molecule has 102 valence electrons. The van der Waals surface area contributed by atoms with E-state index in [1.54, 1.807) is 0 Å². The zero-order valence-electron chi connectivity index (χ0n) is 11.5. The van der Waals surface area contributed by atoms with Crippen LogP contribution < -0.4 is 4.74 Å². The first-order chi connectivity index (χ1) is 8.93. The quantitative estimate of drug-likeness (QED) is 0.887. The van der Waals surface area contributed by atoms with E-state index in [4.69, 9.17) is 4.74 Å². The average Bonchev–Trinajstić information content (AvgIpc) is 2.26. The number of aryl methyl sites for hydroxylation is 1. The van der Waals surface area contributed by atoms with Crippen molar-refractivity contribution in [3.63, 3.8) is 0 Å². The lowest BCUT2D eigenvalue weighted by atomic mass is 9.64. The van der Waals surface area contributed by atoms with Crippen LogP contribution in [0.5, 0.6) is 5.75 Å².